The Hall–Kier alpha value is -3.43. The van der Waals surface area contributed by atoms with E-state index in [1.165, 1.54) is 4.90 Å². The molecule has 2 heterocycles. The zero-order valence-corrected chi connectivity index (χ0v) is 21.1. The van der Waals surface area contributed by atoms with E-state index in [-0.39, 0.29) is 17.9 Å². The van der Waals surface area contributed by atoms with Crippen molar-refractivity contribution in [3.05, 3.63) is 81.2 Å². The average Bonchev–Trinajstić information content (AvgIpc) is 3.44. The monoisotopic (exact) mass is 553 g/mol. The molecule has 2 amide bonds. The van der Waals surface area contributed by atoms with E-state index in [0.29, 0.717) is 56.8 Å². The number of fused-ring (bicyclic) bond motifs is 1. The van der Waals surface area contributed by atoms with Gasteiger partial charge in [0.05, 0.1) is 17.2 Å². The topological polar surface area (TPSA) is 74.3 Å². The minimum absolute atomic E-state index is 0.216. The van der Waals surface area contributed by atoms with Crippen molar-refractivity contribution in [3.63, 3.8) is 0 Å². The molecule has 2 aliphatic heterocycles. The van der Waals surface area contributed by atoms with Crippen molar-refractivity contribution in [3.8, 4) is 23.0 Å². The molecule has 0 bridgehead atoms. The van der Waals surface area contributed by atoms with E-state index in [1.54, 1.807) is 42.5 Å². The first-order chi connectivity index (χ1) is 17.0. The van der Waals surface area contributed by atoms with Gasteiger partial charge in [-0.15, -0.1) is 0 Å². The molecule has 1 saturated heterocycles. The summed E-state index contributed by atoms with van der Waals surface area (Å²) in [5.41, 5.74) is 2.16. The van der Waals surface area contributed by atoms with Crippen LogP contribution in [0.3, 0.4) is 0 Å². The first kappa shape index (κ1) is 23.3. The highest BCUT2D eigenvalue weighted by Gasteiger charge is 2.36. The molecule has 3 aromatic rings. The van der Waals surface area contributed by atoms with E-state index < -0.39 is 0 Å². The van der Waals surface area contributed by atoms with E-state index in [9.17, 15) is 9.59 Å². The Bertz CT molecular complexity index is 1330. The van der Waals surface area contributed by atoms with Crippen molar-refractivity contribution in [2.75, 3.05) is 18.3 Å². The minimum atomic E-state index is -0.362. The summed E-state index contributed by atoms with van der Waals surface area (Å²) < 4.78 is 23.3. The number of imide groups is 1. The van der Waals surface area contributed by atoms with Crippen molar-refractivity contribution in [2.24, 2.45) is 0 Å². The Morgan fingerprint density at radius 1 is 1.00 bits per heavy atom. The number of benzene rings is 3. The molecular weight excluding hydrogens is 534 g/mol. The molecule has 0 aromatic heterocycles. The van der Waals surface area contributed by atoms with Crippen molar-refractivity contribution >= 4 is 50.6 Å². The smallest absolute Gasteiger partial charge is 0.298 e. The SMILES string of the molecule is CCOc1cc(/C=C2\SC(=O)N(c3ccccc3)C2=O)c(Br)cc1OCc1ccc2c(c1)OCO2. The van der Waals surface area contributed by atoms with Gasteiger partial charge in [-0.1, -0.05) is 40.2 Å². The highest BCUT2D eigenvalue weighted by atomic mass is 79.9. The maximum Gasteiger partial charge on any atom is 0.298 e. The van der Waals surface area contributed by atoms with Crippen LogP contribution in [0.15, 0.2) is 70.0 Å². The Kier molecular flexibility index (Phi) is 6.70. The van der Waals surface area contributed by atoms with Crippen molar-refractivity contribution in [2.45, 2.75) is 13.5 Å². The van der Waals surface area contributed by atoms with Gasteiger partial charge in [0, 0.05) is 4.47 Å². The number of thioether (sulfide) groups is 1. The summed E-state index contributed by atoms with van der Waals surface area (Å²) in [5.74, 6) is 2.12. The number of rotatable bonds is 7. The van der Waals surface area contributed by atoms with Crippen LogP contribution in [0.5, 0.6) is 23.0 Å². The predicted octanol–water partition coefficient (Wildman–Crippen LogP) is 6.40. The summed E-state index contributed by atoms with van der Waals surface area (Å²) in [4.78, 5) is 27.0. The molecule has 0 atom stereocenters. The van der Waals surface area contributed by atoms with Crippen LogP contribution in [-0.2, 0) is 11.4 Å². The van der Waals surface area contributed by atoms with Gasteiger partial charge in [0.1, 0.15) is 6.61 Å². The van der Waals surface area contributed by atoms with Crippen LogP contribution >= 0.6 is 27.7 Å². The zero-order chi connectivity index (χ0) is 24.4. The number of carbonyl (C=O) groups excluding carboxylic acids is 2. The van der Waals surface area contributed by atoms with Gasteiger partial charge in [-0.05, 0) is 72.3 Å². The molecule has 0 radical (unpaired) electrons. The summed E-state index contributed by atoms with van der Waals surface area (Å²) >= 11 is 4.47. The summed E-state index contributed by atoms with van der Waals surface area (Å²) in [6.07, 6.45) is 1.68. The van der Waals surface area contributed by atoms with Gasteiger partial charge in [-0.2, -0.15) is 0 Å². The van der Waals surface area contributed by atoms with Crippen LogP contribution in [0.25, 0.3) is 6.08 Å². The predicted molar refractivity (Wildman–Crippen MR) is 137 cm³/mol. The lowest BCUT2D eigenvalue weighted by atomic mass is 10.1. The molecule has 3 aromatic carbocycles. The summed E-state index contributed by atoms with van der Waals surface area (Å²) in [5, 5.41) is -0.336. The maximum atomic E-state index is 13.0. The largest absolute Gasteiger partial charge is 0.490 e. The normalized spacial score (nSPS) is 15.7. The number of hydrogen-bond acceptors (Lipinski definition) is 7. The highest BCUT2D eigenvalue weighted by molar-refractivity contribution is 9.10. The molecule has 178 valence electrons. The van der Waals surface area contributed by atoms with Crippen LogP contribution in [0.2, 0.25) is 0 Å². The number of hydrogen-bond donors (Lipinski definition) is 0. The summed E-state index contributed by atoms with van der Waals surface area (Å²) in [6.45, 7) is 2.84. The molecule has 0 unspecified atom stereocenters. The third kappa shape index (κ3) is 4.87. The molecule has 7 nitrogen and oxygen atoms in total. The second-order valence-corrected chi connectivity index (χ2v) is 9.43. The fourth-order valence-corrected chi connectivity index (χ4v) is 4.91. The molecule has 1 fully saturated rings. The van der Waals surface area contributed by atoms with E-state index >= 15 is 0 Å². The molecule has 0 N–H and O–H groups in total. The van der Waals surface area contributed by atoms with Gasteiger partial charge in [0.25, 0.3) is 11.1 Å². The fourth-order valence-electron chi connectivity index (χ4n) is 3.64. The lowest BCUT2D eigenvalue weighted by molar-refractivity contribution is -0.113. The summed E-state index contributed by atoms with van der Waals surface area (Å²) in [7, 11) is 0. The standard InChI is InChI=1S/C26H20BrNO6S/c1-2-31-22-11-17(12-24-25(29)28(26(30)35-24)18-6-4-3-5-7-18)19(27)13-23(22)32-14-16-8-9-20-21(10-16)34-15-33-20/h3-13H,2,14-15H2,1H3/b24-12-. The van der Waals surface area contributed by atoms with Crippen LogP contribution < -0.4 is 23.8 Å². The second-order valence-electron chi connectivity index (χ2n) is 7.58. The van der Waals surface area contributed by atoms with Gasteiger partial charge in [0.15, 0.2) is 23.0 Å². The maximum absolute atomic E-state index is 13.0. The molecule has 0 saturated carbocycles. The van der Waals surface area contributed by atoms with Crippen LogP contribution in [0.4, 0.5) is 10.5 Å². The Morgan fingerprint density at radius 2 is 1.77 bits per heavy atom. The van der Waals surface area contributed by atoms with Crippen LogP contribution in [0, 0.1) is 0 Å². The molecule has 5 rings (SSSR count). The molecule has 9 heteroatoms. The quantitative estimate of drug-likeness (QED) is 0.313. The molecular formula is C26H20BrNO6S. The van der Waals surface area contributed by atoms with Crippen LogP contribution in [0.1, 0.15) is 18.1 Å². The highest BCUT2D eigenvalue weighted by Crippen LogP contribution is 2.40. The number of halogens is 1. The number of ether oxygens (including phenoxy) is 4. The third-order valence-corrected chi connectivity index (χ3v) is 6.85. The van der Waals surface area contributed by atoms with E-state index in [2.05, 4.69) is 15.9 Å². The molecule has 35 heavy (non-hydrogen) atoms. The van der Waals surface area contributed by atoms with Crippen molar-refractivity contribution in [1.29, 1.82) is 0 Å². The second kappa shape index (κ2) is 10.1. The number of carbonyl (C=O) groups is 2. The Morgan fingerprint density at radius 3 is 2.57 bits per heavy atom. The van der Waals surface area contributed by atoms with E-state index in [0.717, 1.165) is 17.3 Å². The van der Waals surface area contributed by atoms with Gasteiger partial charge < -0.3 is 18.9 Å². The Labute approximate surface area is 214 Å². The molecule has 0 spiro atoms. The van der Waals surface area contributed by atoms with Gasteiger partial charge >= 0.3 is 0 Å². The van der Waals surface area contributed by atoms with E-state index in [4.69, 9.17) is 18.9 Å². The molecule has 2 aliphatic rings. The Balaban J connectivity index is 1.38. The van der Waals surface area contributed by atoms with Gasteiger partial charge in [0.2, 0.25) is 6.79 Å². The lowest BCUT2D eigenvalue weighted by Crippen LogP contribution is -2.27. The zero-order valence-electron chi connectivity index (χ0n) is 18.7. The van der Waals surface area contributed by atoms with E-state index in [1.807, 2.05) is 31.2 Å². The lowest BCUT2D eigenvalue weighted by Gasteiger charge is -2.14. The number of para-hydroxylation sites is 1. The van der Waals surface area contributed by atoms with Gasteiger partial charge in [-0.3, -0.25) is 9.59 Å². The number of nitrogens with zero attached hydrogens (tertiary/aromatic N) is 1. The first-order valence-corrected chi connectivity index (χ1v) is 12.4. The number of anilines is 1. The van der Waals surface area contributed by atoms with Crippen molar-refractivity contribution in [1.82, 2.24) is 0 Å². The third-order valence-electron chi connectivity index (χ3n) is 5.29. The summed E-state index contributed by atoms with van der Waals surface area (Å²) in [6, 6.07) is 18.1. The fraction of sp³-hybridized carbons (Fsp3) is 0.154. The van der Waals surface area contributed by atoms with Gasteiger partial charge in [-0.25, -0.2) is 4.90 Å². The minimum Gasteiger partial charge on any atom is -0.490 e. The average molecular weight is 554 g/mol. The van der Waals surface area contributed by atoms with Crippen molar-refractivity contribution < 1.29 is 28.5 Å². The molecule has 0 aliphatic carbocycles. The first-order valence-electron chi connectivity index (χ1n) is 10.8. The number of amides is 2. The van der Waals surface area contributed by atoms with Crippen LogP contribution in [-0.4, -0.2) is 24.5 Å².